The molecule has 0 aliphatic rings. The van der Waals surface area contributed by atoms with E-state index in [1.165, 1.54) is 5.57 Å². The van der Waals surface area contributed by atoms with E-state index in [4.69, 9.17) is 0 Å². The summed E-state index contributed by atoms with van der Waals surface area (Å²) in [5.74, 6) is 0.671. The molecule has 0 aliphatic heterocycles. The smallest absolute Gasteiger partial charge is 0.158 e. The lowest BCUT2D eigenvalue weighted by molar-refractivity contribution is -0.116. The van der Waals surface area contributed by atoms with Crippen LogP contribution in [0.2, 0.25) is 0 Å². The van der Waals surface area contributed by atoms with Crippen LogP contribution < -0.4 is 0 Å². The second kappa shape index (κ2) is 6.58. The van der Waals surface area contributed by atoms with E-state index in [9.17, 15) is 4.79 Å². The quantitative estimate of drug-likeness (QED) is 0.463. The van der Waals surface area contributed by atoms with Crippen LogP contribution in [-0.4, -0.2) is 5.78 Å². The van der Waals surface area contributed by atoms with Crippen LogP contribution in [0.15, 0.2) is 23.8 Å². The Morgan fingerprint density at radius 3 is 2.36 bits per heavy atom. The van der Waals surface area contributed by atoms with E-state index < -0.39 is 0 Å². The van der Waals surface area contributed by atoms with Crippen molar-refractivity contribution in [1.82, 2.24) is 0 Å². The van der Waals surface area contributed by atoms with Crippen LogP contribution in [0.4, 0.5) is 0 Å². The molecule has 0 aromatic rings. The molecule has 0 fully saturated rings. The summed E-state index contributed by atoms with van der Waals surface area (Å²) < 4.78 is 0. The van der Waals surface area contributed by atoms with Crippen molar-refractivity contribution in [2.45, 2.75) is 47.0 Å². The molecule has 0 saturated carbocycles. The molecule has 0 saturated heterocycles. The predicted octanol–water partition coefficient (Wildman–Crippen LogP) is 3.90. The Bertz CT molecular complexity index is 232. The highest BCUT2D eigenvalue weighted by Gasteiger charge is 2.08. The first-order valence-electron chi connectivity index (χ1n) is 5.25. The van der Waals surface area contributed by atoms with Crippen molar-refractivity contribution in [3.8, 4) is 0 Å². The van der Waals surface area contributed by atoms with Crippen molar-refractivity contribution in [1.29, 1.82) is 0 Å². The van der Waals surface area contributed by atoms with Gasteiger partial charge in [0.2, 0.25) is 0 Å². The van der Waals surface area contributed by atoms with E-state index in [1.807, 2.05) is 0 Å². The number of hydrogen-bond donors (Lipinski definition) is 0. The number of rotatable bonds is 6. The van der Waals surface area contributed by atoms with Crippen molar-refractivity contribution in [3.63, 3.8) is 0 Å². The molecule has 0 aliphatic carbocycles. The summed E-state index contributed by atoms with van der Waals surface area (Å²) in [6, 6.07) is 0. The van der Waals surface area contributed by atoms with E-state index in [1.54, 1.807) is 6.92 Å². The molecular formula is C13H22O. The summed E-state index contributed by atoms with van der Waals surface area (Å²) in [6.07, 6.45) is 5.03. The zero-order valence-electron chi connectivity index (χ0n) is 9.89. The molecule has 14 heavy (non-hydrogen) atoms. The second-order valence-corrected chi connectivity index (χ2v) is 4.37. The Labute approximate surface area is 87.9 Å². The Balaban J connectivity index is 3.76. The maximum Gasteiger partial charge on any atom is 0.158 e. The van der Waals surface area contributed by atoms with Gasteiger partial charge in [-0.05, 0) is 45.1 Å². The first-order valence-corrected chi connectivity index (χ1v) is 5.25. The fourth-order valence-corrected chi connectivity index (χ4v) is 1.25. The van der Waals surface area contributed by atoms with Gasteiger partial charge in [0, 0.05) is 6.42 Å². The molecule has 1 heteroatoms. The molecule has 1 atom stereocenters. The first-order chi connectivity index (χ1) is 6.43. The highest BCUT2D eigenvalue weighted by molar-refractivity contribution is 5.94. The minimum Gasteiger partial charge on any atom is -0.295 e. The van der Waals surface area contributed by atoms with Crippen LogP contribution in [0.25, 0.3) is 0 Å². The normalized spacial score (nSPS) is 12.0. The van der Waals surface area contributed by atoms with Gasteiger partial charge in [-0.2, -0.15) is 0 Å². The van der Waals surface area contributed by atoms with E-state index in [0.717, 1.165) is 12.8 Å². The monoisotopic (exact) mass is 194 g/mol. The fourth-order valence-electron chi connectivity index (χ4n) is 1.25. The molecule has 0 heterocycles. The molecule has 0 spiro atoms. The van der Waals surface area contributed by atoms with E-state index in [-0.39, 0.29) is 5.78 Å². The largest absolute Gasteiger partial charge is 0.295 e. The van der Waals surface area contributed by atoms with Crippen LogP contribution in [-0.2, 0) is 4.79 Å². The highest BCUT2D eigenvalue weighted by Crippen LogP contribution is 2.14. The van der Waals surface area contributed by atoms with Crippen molar-refractivity contribution in [3.05, 3.63) is 23.8 Å². The van der Waals surface area contributed by atoms with Gasteiger partial charge in [-0.25, -0.2) is 0 Å². The van der Waals surface area contributed by atoms with Crippen LogP contribution in [0.3, 0.4) is 0 Å². The van der Waals surface area contributed by atoms with Crippen LogP contribution in [0, 0.1) is 5.92 Å². The van der Waals surface area contributed by atoms with Gasteiger partial charge < -0.3 is 0 Å². The summed E-state index contributed by atoms with van der Waals surface area (Å²) >= 11 is 0. The Hall–Kier alpha value is -0.850. The molecule has 80 valence electrons. The molecule has 0 radical (unpaired) electrons. The number of carbonyl (C=O) groups is 1. The summed E-state index contributed by atoms with van der Waals surface area (Å²) in [6.45, 7) is 11.8. The lowest BCUT2D eigenvalue weighted by Gasteiger charge is -2.08. The van der Waals surface area contributed by atoms with E-state index >= 15 is 0 Å². The maximum atomic E-state index is 11.3. The molecule has 0 bridgehead atoms. The first kappa shape index (κ1) is 13.2. The zero-order chi connectivity index (χ0) is 11.1. The predicted molar refractivity (Wildman–Crippen MR) is 62.3 cm³/mol. The summed E-state index contributed by atoms with van der Waals surface area (Å²) in [5.41, 5.74) is 2.03. The lowest BCUT2D eigenvalue weighted by Crippen LogP contribution is -2.05. The molecule has 0 rings (SSSR count). The number of carbonyl (C=O) groups excluding carboxylic acids is 1. The van der Waals surface area contributed by atoms with Gasteiger partial charge in [-0.1, -0.05) is 25.2 Å². The van der Waals surface area contributed by atoms with Crippen LogP contribution >= 0.6 is 0 Å². The Kier molecular flexibility index (Phi) is 6.18. The lowest BCUT2D eigenvalue weighted by atomic mass is 9.96. The third-order valence-electron chi connectivity index (χ3n) is 2.22. The van der Waals surface area contributed by atoms with Gasteiger partial charge in [0.1, 0.15) is 0 Å². The minimum absolute atomic E-state index is 0.203. The van der Waals surface area contributed by atoms with Crippen LogP contribution in [0.5, 0.6) is 0 Å². The van der Waals surface area contributed by atoms with Crippen molar-refractivity contribution >= 4 is 5.78 Å². The van der Waals surface area contributed by atoms with E-state index in [2.05, 4.69) is 33.4 Å². The third kappa shape index (κ3) is 6.64. The average Bonchev–Trinajstić information content (AvgIpc) is 2.02. The number of hydrogen-bond acceptors (Lipinski definition) is 1. The van der Waals surface area contributed by atoms with Gasteiger partial charge in [0.25, 0.3) is 0 Å². The minimum atomic E-state index is 0.203. The third-order valence-corrected chi connectivity index (χ3v) is 2.22. The highest BCUT2D eigenvalue weighted by atomic mass is 16.1. The van der Waals surface area contributed by atoms with Gasteiger partial charge in [-0.15, -0.1) is 0 Å². The number of allylic oxidation sites excluding steroid dienone is 3. The zero-order valence-corrected chi connectivity index (χ0v) is 9.89. The fraction of sp³-hybridized carbons (Fsp3) is 0.615. The Morgan fingerprint density at radius 2 is 1.93 bits per heavy atom. The molecule has 1 nitrogen and oxygen atoms in total. The molecule has 0 aromatic heterocycles. The number of Topliss-reactive ketones (excluding diaryl/α,β-unsaturated/α-hetero) is 1. The van der Waals surface area contributed by atoms with Crippen molar-refractivity contribution < 1.29 is 4.79 Å². The molecule has 0 N–H and O–H groups in total. The molecular weight excluding hydrogens is 172 g/mol. The van der Waals surface area contributed by atoms with E-state index in [0.29, 0.717) is 17.9 Å². The van der Waals surface area contributed by atoms with Gasteiger partial charge in [-0.3, -0.25) is 4.79 Å². The number of ketones is 1. The molecule has 1 unspecified atom stereocenters. The molecule has 0 aromatic carbocycles. The topological polar surface area (TPSA) is 17.1 Å². The average molecular weight is 194 g/mol. The summed E-state index contributed by atoms with van der Waals surface area (Å²) in [5, 5.41) is 0. The SMILES string of the molecule is C=C(C)C(=O)CC(C)CCC=C(C)C. The van der Waals surface area contributed by atoms with Gasteiger partial charge >= 0.3 is 0 Å². The van der Waals surface area contributed by atoms with Gasteiger partial charge in [0.05, 0.1) is 0 Å². The van der Waals surface area contributed by atoms with Crippen molar-refractivity contribution in [2.75, 3.05) is 0 Å². The molecule has 0 amide bonds. The standard InChI is InChI=1S/C13H22O/c1-10(2)7-6-8-12(5)9-13(14)11(3)4/h7,12H,3,6,8-9H2,1-2,4-5H3. The second-order valence-electron chi connectivity index (χ2n) is 4.37. The Morgan fingerprint density at radius 1 is 1.36 bits per heavy atom. The summed E-state index contributed by atoms with van der Waals surface area (Å²) in [7, 11) is 0. The maximum absolute atomic E-state index is 11.3. The van der Waals surface area contributed by atoms with Gasteiger partial charge in [0.15, 0.2) is 5.78 Å². The van der Waals surface area contributed by atoms with Crippen molar-refractivity contribution in [2.24, 2.45) is 5.92 Å². The van der Waals surface area contributed by atoms with Crippen LogP contribution in [0.1, 0.15) is 47.0 Å². The summed E-state index contributed by atoms with van der Waals surface area (Å²) in [4.78, 5) is 11.3.